The summed E-state index contributed by atoms with van der Waals surface area (Å²) in [7, 11) is -3.00. The van der Waals surface area contributed by atoms with E-state index in [0.29, 0.717) is 0 Å². The molecule has 100 valence electrons. The average Bonchev–Trinajstić information content (AvgIpc) is 2.31. The Labute approximate surface area is 114 Å². The van der Waals surface area contributed by atoms with Gasteiger partial charge in [-0.25, -0.2) is 8.42 Å². The lowest BCUT2D eigenvalue weighted by Gasteiger charge is -1.99. The molecule has 0 aliphatic carbocycles. The van der Waals surface area contributed by atoms with Gasteiger partial charge >= 0.3 is 0 Å². The van der Waals surface area contributed by atoms with Crippen molar-refractivity contribution in [3.63, 3.8) is 0 Å². The molecular formula is C13H23BrO2S. The van der Waals surface area contributed by atoms with Gasteiger partial charge in [-0.05, 0) is 25.7 Å². The zero-order chi connectivity index (χ0) is 13.0. The van der Waals surface area contributed by atoms with Gasteiger partial charge in [0.25, 0.3) is 0 Å². The molecule has 0 saturated heterocycles. The van der Waals surface area contributed by atoms with Crippen molar-refractivity contribution < 1.29 is 8.42 Å². The van der Waals surface area contributed by atoms with Crippen molar-refractivity contribution in [1.29, 1.82) is 0 Å². The largest absolute Gasteiger partial charge is 0.223 e. The fourth-order valence-electron chi connectivity index (χ4n) is 1.51. The van der Waals surface area contributed by atoms with E-state index in [1.54, 1.807) is 6.08 Å². The van der Waals surface area contributed by atoms with Gasteiger partial charge in [0.05, 0.1) is 0 Å². The van der Waals surface area contributed by atoms with E-state index in [4.69, 9.17) is 0 Å². The summed E-state index contributed by atoms with van der Waals surface area (Å²) in [6, 6.07) is 0. The Morgan fingerprint density at radius 1 is 0.941 bits per heavy atom. The van der Waals surface area contributed by atoms with Crippen molar-refractivity contribution in [3.05, 3.63) is 24.1 Å². The molecule has 0 aromatic rings. The molecule has 0 unspecified atom stereocenters. The summed E-state index contributed by atoms with van der Waals surface area (Å²) in [6.07, 6.45) is 13.0. The van der Waals surface area contributed by atoms with Crippen LogP contribution in [0.3, 0.4) is 0 Å². The summed E-state index contributed by atoms with van der Waals surface area (Å²) in [6.45, 7) is 3.70. The van der Waals surface area contributed by atoms with Crippen LogP contribution in [0.5, 0.6) is 0 Å². The van der Waals surface area contributed by atoms with Crippen molar-refractivity contribution in [1.82, 2.24) is 0 Å². The third-order valence-corrected chi connectivity index (χ3v) is 5.31. The van der Waals surface area contributed by atoms with E-state index in [1.165, 1.54) is 37.5 Å². The highest BCUT2D eigenvalue weighted by molar-refractivity contribution is 9.10. The molecule has 2 nitrogen and oxygen atoms in total. The fourth-order valence-corrected chi connectivity index (χ4v) is 2.47. The molecule has 0 rings (SSSR count). The van der Waals surface area contributed by atoms with E-state index in [2.05, 4.69) is 22.5 Å². The fraction of sp³-hybridized carbons (Fsp3) is 0.692. The van der Waals surface area contributed by atoms with Crippen molar-refractivity contribution in [2.45, 2.75) is 51.4 Å². The number of hydrogen-bond donors (Lipinski definition) is 0. The summed E-state index contributed by atoms with van der Waals surface area (Å²) < 4.78 is 22.2. The lowest BCUT2D eigenvalue weighted by atomic mass is 10.1. The first kappa shape index (κ1) is 16.9. The van der Waals surface area contributed by atoms with E-state index < -0.39 is 9.84 Å². The highest BCUT2D eigenvalue weighted by atomic mass is 79.9. The Balaban J connectivity index is 3.32. The van der Waals surface area contributed by atoms with Crippen LogP contribution in [-0.4, -0.2) is 13.1 Å². The lowest BCUT2D eigenvalue weighted by Crippen LogP contribution is -1.94. The summed E-state index contributed by atoms with van der Waals surface area (Å²) >= 11 is 2.95. The molecule has 0 radical (unpaired) electrons. The Hall–Kier alpha value is -0.0900. The molecule has 0 spiro atoms. The standard InChI is InChI=1S/C13H23BrO2S/c1-2-3-4-5-6-7-8-9-10-11-12-17(15,16)13-14/h2,11-12H,1,3-10,13H2/b12-11+. The van der Waals surface area contributed by atoms with Crippen LogP contribution >= 0.6 is 15.9 Å². The van der Waals surface area contributed by atoms with Crippen molar-refractivity contribution >= 4 is 25.8 Å². The van der Waals surface area contributed by atoms with Crippen molar-refractivity contribution in [2.24, 2.45) is 0 Å². The monoisotopic (exact) mass is 322 g/mol. The molecule has 0 atom stereocenters. The van der Waals surface area contributed by atoms with E-state index in [0.717, 1.165) is 19.3 Å². The summed E-state index contributed by atoms with van der Waals surface area (Å²) in [4.78, 5) is 0. The van der Waals surface area contributed by atoms with Crippen LogP contribution in [0.2, 0.25) is 0 Å². The summed E-state index contributed by atoms with van der Waals surface area (Å²) in [5.74, 6) is 0. The molecule has 0 amide bonds. The normalized spacial score (nSPS) is 12.1. The zero-order valence-corrected chi connectivity index (χ0v) is 12.8. The van der Waals surface area contributed by atoms with Crippen molar-refractivity contribution in [2.75, 3.05) is 4.66 Å². The predicted molar refractivity (Wildman–Crippen MR) is 79.0 cm³/mol. The summed E-state index contributed by atoms with van der Waals surface area (Å²) in [5.41, 5.74) is 0. The maximum atomic E-state index is 11.1. The molecule has 0 aliphatic heterocycles. The topological polar surface area (TPSA) is 34.1 Å². The second-order valence-electron chi connectivity index (χ2n) is 4.13. The smallest absolute Gasteiger partial charge is 0.181 e. The van der Waals surface area contributed by atoms with Crippen LogP contribution in [0.25, 0.3) is 0 Å². The maximum absolute atomic E-state index is 11.1. The van der Waals surface area contributed by atoms with Crippen LogP contribution in [0, 0.1) is 0 Å². The Kier molecular flexibility index (Phi) is 11.0. The molecule has 0 aromatic heterocycles. The highest BCUT2D eigenvalue weighted by Crippen LogP contribution is 2.09. The van der Waals surface area contributed by atoms with E-state index in [1.807, 2.05) is 6.08 Å². The highest BCUT2D eigenvalue weighted by Gasteiger charge is 2.00. The van der Waals surface area contributed by atoms with Gasteiger partial charge < -0.3 is 0 Å². The van der Waals surface area contributed by atoms with E-state index in [-0.39, 0.29) is 4.66 Å². The van der Waals surface area contributed by atoms with Crippen LogP contribution in [0.1, 0.15) is 51.4 Å². The molecular weight excluding hydrogens is 300 g/mol. The Morgan fingerprint density at radius 3 is 2.00 bits per heavy atom. The predicted octanol–water partition coefficient (Wildman–Crippen LogP) is 4.57. The molecule has 17 heavy (non-hydrogen) atoms. The number of halogens is 1. The second-order valence-corrected chi connectivity index (χ2v) is 7.32. The van der Waals surface area contributed by atoms with Gasteiger partial charge in [0.1, 0.15) is 4.66 Å². The van der Waals surface area contributed by atoms with Gasteiger partial charge in [0.2, 0.25) is 0 Å². The van der Waals surface area contributed by atoms with Crippen LogP contribution < -0.4 is 0 Å². The van der Waals surface area contributed by atoms with Gasteiger partial charge in [-0.3, -0.25) is 0 Å². The number of rotatable bonds is 11. The minimum Gasteiger partial charge on any atom is -0.223 e. The van der Waals surface area contributed by atoms with Crippen LogP contribution in [0.15, 0.2) is 24.1 Å². The number of allylic oxidation sites excluding steroid dienone is 2. The van der Waals surface area contributed by atoms with Crippen LogP contribution in [0.4, 0.5) is 0 Å². The molecule has 0 heterocycles. The molecule has 0 aromatic carbocycles. The molecule has 0 bridgehead atoms. The molecule has 0 aliphatic rings. The quantitative estimate of drug-likeness (QED) is 0.317. The van der Waals surface area contributed by atoms with Gasteiger partial charge in [0.15, 0.2) is 9.84 Å². The number of sulfone groups is 1. The minimum absolute atomic E-state index is 0.0137. The molecule has 0 saturated carbocycles. The third-order valence-electron chi connectivity index (χ3n) is 2.48. The number of hydrogen-bond acceptors (Lipinski definition) is 2. The van der Waals surface area contributed by atoms with Crippen molar-refractivity contribution in [3.8, 4) is 0 Å². The SMILES string of the molecule is C=CCCCCCCCC/C=C/S(=O)(=O)CBr. The lowest BCUT2D eigenvalue weighted by molar-refractivity contribution is 0.599. The summed E-state index contributed by atoms with van der Waals surface area (Å²) in [5, 5.41) is 1.31. The average molecular weight is 323 g/mol. The van der Waals surface area contributed by atoms with Gasteiger partial charge in [-0.1, -0.05) is 53.8 Å². The van der Waals surface area contributed by atoms with Gasteiger partial charge in [-0.15, -0.1) is 6.58 Å². The number of alkyl halides is 1. The third kappa shape index (κ3) is 12.2. The second kappa shape index (κ2) is 11.0. The molecule has 4 heteroatoms. The number of unbranched alkanes of at least 4 members (excludes halogenated alkanes) is 7. The van der Waals surface area contributed by atoms with Gasteiger partial charge in [0, 0.05) is 5.41 Å². The first-order chi connectivity index (χ1) is 8.12. The van der Waals surface area contributed by atoms with Crippen LogP contribution in [-0.2, 0) is 9.84 Å². The minimum atomic E-state index is -3.00. The molecule has 0 N–H and O–H groups in total. The first-order valence-corrected chi connectivity index (χ1v) is 9.02. The zero-order valence-electron chi connectivity index (χ0n) is 10.4. The molecule has 0 fully saturated rings. The Bertz CT molecular complexity index is 307. The van der Waals surface area contributed by atoms with E-state index in [9.17, 15) is 8.42 Å². The Morgan fingerprint density at radius 2 is 1.47 bits per heavy atom. The van der Waals surface area contributed by atoms with Gasteiger partial charge in [-0.2, -0.15) is 0 Å². The maximum Gasteiger partial charge on any atom is 0.181 e. The van der Waals surface area contributed by atoms with E-state index >= 15 is 0 Å². The first-order valence-electron chi connectivity index (χ1n) is 6.18.